The molecule has 4 nitrogen and oxygen atoms in total. The van der Waals surface area contributed by atoms with Crippen LogP contribution in [0.25, 0.3) is 11.3 Å². The number of hydrogen-bond acceptors (Lipinski definition) is 4. The lowest BCUT2D eigenvalue weighted by Gasteiger charge is -2.30. The van der Waals surface area contributed by atoms with Crippen molar-refractivity contribution in [3.63, 3.8) is 0 Å². The molecule has 0 spiro atoms. The number of nitrogens with one attached hydrogen (secondary N) is 1. The van der Waals surface area contributed by atoms with Crippen LogP contribution in [0.5, 0.6) is 0 Å². The third-order valence-corrected chi connectivity index (χ3v) is 6.32. The zero-order chi connectivity index (χ0) is 19.3. The van der Waals surface area contributed by atoms with Gasteiger partial charge in [-0.2, -0.15) is 0 Å². The van der Waals surface area contributed by atoms with Crippen LogP contribution in [0.2, 0.25) is 0 Å². The molecule has 2 aromatic carbocycles. The van der Waals surface area contributed by atoms with E-state index in [0.717, 1.165) is 22.1 Å². The van der Waals surface area contributed by atoms with Crippen LogP contribution in [0.15, 0.2) is 60.0 Å². The maximum absolute atomic E-state index is 12.3. The smallest absolute Gasteiger partial charge is 0.255 e. The van der Waals surface area contributed by atoms with E-state index in [-0.39, 0.29) is 5.91 Å². The minimum atomic E-state index is -0.0987. The third-order valence-electron chi connectivity index (χ3n) is 5.39. The van der Waals surface area contributed by atoms with Crippen molar-refractivity contribution in [2.24, 2.45) is 0 Å². The van der Waals surface area contributed by atoms with Gasteiger partial charge in [-0.15, -0.1) is 11.3 Å². The molecule has 1 aliphatic rings. The van der Waals surface area contributed by atoms with Gasteiger partial charge in [0.2, 0.25) is 0 Å². The van der Waals surface area contributed by atoms with E-state index in [4.69, 9.17) is 4.98 Å². The molecule has 1 aliphatic carbocycles. The number of nitrogens with zero attached hydrogens (tertiary/aromatic N) is 2. The minimum Gasteiger partial charge on any atom is -0.348 e. The van der Waals surface area contributed by atoms with Gasteiger partial charge in [0.15, 0.2) is 5.13 Å². The summed E-state index contributed by atoms with van der Waals surface area (Å²) in [5.74, 6) is -0.0987. The molecule has 0 aliphatic heterocycles. The van der Waals surface area contributed by atoms with E-state index >= 15 is 0 Å². The van der Waals surface area contributed by atoms with Crippen molar-refractivity contribution < 1.29 is 4.79 Å². The van der Waals surface area contributed by atoms with E-state index in [9.17, 15) is 4.79 Å². The summed E-state index contributed by atoms with van der Waals surface area (Å²) in [4.78, 5) is 19.5. The highest BCUT2D eigenvalue weighted by Crippen LogP contribution is 2.31. The lowest BCUT2D eigenvalue weighted by molar-refractivity contribution is 0.102. The lowest BCUT2D eigenvalue weighted by Crippen LogP contribution is -2.33. The fourth-order valence-corrected chi connectivity index (χ4v) is 4.57. The maximum atomic E-state index is 12.3. The summed E-state index contributed by atoms with van der Waals surface area (Å²) in [6.07, 6.45) is 6.54. The summed E-state index contributed by atoms with van der Waals surface area (Å²) in [5.41, 5.74) is 3.50. The van der Waals surface area contributed by atoms with Crippen molar-refractivity contribution in [3.8, 4) is 11.3 Å². The first kappa shape index (κ1) is 18.7. The Bertz CT molecular complexity index is 915. The molecule has 0 bridgehead atoms. The van der Waals surface area contributed by atoms with Crippen LogP contribution in [0.4, 0.5) is 10.8 Å². The molecule has 4 rings (SSSR count). The van der Waals surface area contributed by atoms with Gasteiger partial charge in [0.1, 0.15) is 0 Å². The van der Waals surface area contributed by atoms with Gasteiger partial charge in [0, 0.05) is 35.3 Å². The molecular formula is C23H25N3OS. The molecule has 0 radical (unpaired) electrons. The van der Waals surface area contributed by atoms with Gasteiger partial charge in [-0.25, -0.2) is 4.98 Å². The first-order valence-electron chi connectivity index (χ1n) is 9.86. The number of aromatic nitrogens is 1. The molecule has 1 fully saturated rings. The summed E-state index contributed by atoms with van der Waals surface area (Å²) in [7, 11) is 2.17. The molecule has 1 saturated carbocycles. The first-order valence-corrected chi connectivity index (χ1v) is 10.7. The molecular weight excluding hydrogens is 366 g/mol. The van der Waals surface area contributed by atoms with Crippen molar-refractivity contribution in [2.75, 3.05) is 17.3 Å². The number of anilines is 2. The summed E-state index contributed by atoms with van der Waals surface area (Å²) in [5, 5.41) is 6.14. The quantitative estimate of drug-likeness (QED) is 0.595. The van der Waals surface area contributed by atoms with Crippen molar-refractivity contribution >= 4 is 28.1 Å². The van der Waals surface area contributed by atoms with Crippen molar-refractivity contribution in [3.05, 3.63) is 65.5 Å². The second kappa shape index (κ2) is 8.57. The van der Waals surface area contributed by atoms with Gasteiger partial charge in [-0.05, 0) is 37.1 Å². The van der Waals surface area contributed by atoms with Gasteiger partial charge in [-0.1, -0.05) is 49.6 Å². The Morgan fingerprint density at radius 3 is 2.46 bits per heavy atom. The Kier molecular flexibility index (Phi) is 5.72. The number of benzene rings is 2. The van der Waals surface area contributed by atoms with E-state index < -0.39 is 0 Å². The summed E-state index contributed by atoms with van der Waals surface area (Å²) in [6, 6.07) is 17.7. The van der Waals surface area contributed by atoms with Gasteiger partial charge < -0.3 is 10.2 Å². The average molecular weight is 392 g/mol. The Balaban J connectivity index is 1.43. The summed E-state index contributed by atoms with van der Waals surface area (Å²) in [6.45, 7) is 0. The molecule has 0 saturated heterocycles. The van der Waals surface area contributed by atoms with Gasteiger partial charge >= 0.3 is 0 Å². The normalized spacial score (nSPS) is 14.6. The largest absolute Gasteiger partial charge is 0.348 e. The monoisotopic (exact) mass is 391 g/mol. The summed E-state index contributed by atoms with van der Waals surface area (Å²) >= 11 is 1.70. The number of carbonyl (C=O) groups is 1. The van der Waals surface area contributed by atoms with E-state index in [1.165, 1.54) is 32.1 Å². The number of rotatable bonds is 5. The van der Waals surface area contributed by atoms with Gasteiger partial charge in [0.25, 0.3) is 5.91 Å². The van der Waals surface area contributed by atoms with Gasteiger partial charge in [-0.3, -0.25) is 4.79 Å². The molecule has 28 heavy (non-hydrogen) atoms. The predicted octanol–water partition coefficient (Wildman–Crippen LogP) is 5.83. The lowest BCUT2D eigenvalue weighted by atomic mass is 9.95. The van der Waals surface area contributed by atoms with Crippen LogP contribution in [-0.4, -0.2) is 24.0 Å². The van der Waals surface area contributed by atoms with E-state index in [2.05, 4.69) is 22.6 Å². The van der Waals surface area contributed by atoms with E-state index in [1.54, 1.807) is 11.3 Å². The fraction of sp³-hybridized carbons (Fsp3) is 0.304. The van der Waals surface area contributed by atoms with Crippen molar-refractivity contribution in [1.82, 2.24) is 4.98 Å². The zero-order valence-electron chi connectivity index (χ0n) is 16.1. The highest BCUT2D eigenvalue weighted by Gasteiger charge is 2.20. The van der Waals surface area contributed by atoms with Crippen LogP contribution < -0.4 is 10.2 Å². The fourth-order valence-electron chi connectivity index (χ4n) is 3.70. The highest BCUT2D eigenvalue weighted by atomic mass is 32.1. The molecule has 0 unspecified atom stereocenters. The zero-order valence-corrected chi connectivity index (χ0v) is 16.9. The number of amides is 1. The maximum Gasteiger partial charge on any atom is 0.255 e. The average Bonchev–Trinajstić information content (AvgIpc) is 3.25. The topological polar surface area (TPSA) is 45.2 Å². The highest BCUT2D eigenvalue weighted by molar-refractivity contribution is 7.14. The number of hydrogen-bond donors (Lipinski definition) is 1. The minimum absolute atomic E-state index is 0.0987. The molecule has 1 amide bonds. The molecule has 1 N–H and O–H groups in total. The van der Waals surface area contributed by atoms with Crippen molar-refractivity contribution in [1.29, 1.82) is 0 Å². The third kappa shape index (κ3) is 4.25. The van der Waals surface area contributed by atoms with E-state index in [1.807, 2.05) is 54.6 Å². The second-order valence-electron chi connectivity index (χ2n) is 7.32. The number of thiazole rings is 1. The Morgan fingerprint density at radius 2 is 1.75 bits per heavy atom. The molecule has 0 atom stereocenters. The molecule has 3 aromatic rings. The molecule has 144 valence electrons. The Labute approximate surface area is 170 Å². The first-order chi connectivity index (χ1) is 13.7. The molecule has 1 aromatic heterocycles. The SMILES string of the molecule is CN(c1nc(-c2ccc(NC(=O)c3ccccc3)cc2)cs1)C1CCCCC1. The van der Waals surface area contributed by atoms with Crippen LogP contribution in [-0.2, 0) is 0 Å². The van der Waals surface area contributed by atoms with Crippen LogP contribution >= 0.6 is 11.3 Å². The van der Waals surface area contributed by atoms with E-state index in [0.29, 0.717) is 11.6 Å². The van der Waals surface area contributed by atoms with Crippen LogP contribution in [0, 0.1) is 0 Å². The molecule has 1 heterocycles. The molecule has 5 heteroatoms. The standard InChI is InChI=1S/C23H25N3OS/c1-26(20-10-6-3-7-11-20)23-25-21(16-28-23)17-12-14-19(15-13-17)24-22(27)18-8-4-2-5-9-18/h2,4-5,8-9,12-16,20H,3,6-7,10-11H2,1H3,(H,24,27). The van der Waals surface area contributed by atoms with Crippen LogP contribution in [0.3, 0.4) is 0 Å². The summed E-state index contributed by atoms with van der Waals surface area (Å²) < 4.78 is 0. The Hall–Kier alpha value is -2.66. The van der Waals surface area contributed by atoms with Crippen LogP contribution in [0.1, 0.15) is 42.5 Å². The second-order valence-corrected chi connectivity index (χ2v) is 8.15. The predicted molar refractivity (Wildman–Crippen MR) is 117 cm³/mol. The van der Waals surface area contributed by atoms with Gasteiger partial charge in [0.05, 0.1) is 5.69 Å². The van der Waals surface area contributed by atoms with Crippen molar-refractivity contribution in [2.45, 2.75) is 38.1 Å². The number of carbonyl (C=O) groups excluding carboxylic acids is 1. The Morgan fingerprint density at radius 1 is 1.04 bits per heavy atom.